The van der Waals surface area contributed by atoms with Crippen LogP contribution in [-0.2, 0) is 26.2 Å². The predicted octanol–water partition coefficient (Wildman–Crippen LogP) is 0.175. The standard InChI is InChI=1S/C16H22N4O4/c1-19-10-11(9-18-19)15-12(6-7-13(21)20(15)2)16(23)17-8-4-5-14(22)24-3/h4-5,9-10,12,15H,6-8H2,1-3H3,(H,17,23)/b5-4+. The molecule has 1 aromatic rings. The maximum absolute atomic E-state index is 12.5. The Morgan fingerprint density at radius 3 is 2.83 bits per heavy atom. The number of amides is 2. The van der Waals surface area contributed by atoms with Crippen molar-refractivity contribution in [2.24, 2.45) is 13.0 Å². The van der Waals surface area contributed by atoms with Gasteiger partial charge in [-0.25, -0.2) is 4.79 Å². The Morgan fingerprint density at radius 2 is 2.21 bits per heavy atom. The summed E-state index contributed by atoms with van der Waals surface area (Å²) in [6.45, 7) is 0.224. The van der Waals surface area contributed by atoms with E-state index in [9.17, 15) is 14.4 Å². The lowest BCUT2D eigenvalue weighted by molar-refractivity contribution is -0.141. The number of piperidine rings is 1. The van der Waals surface area contributed by atoms with Crippen molar-refractivity contribution in [3.63, 3.8) is 0 Å². The van der Waals surface area contributed by atoms with Gasteiger partial charge in [0.1, 0.15) is 0 Å². The molecule has 2 rings (SSSR count). The van der Waals surface area contributed by atoms with E-state index < -0.39 is 5.97 Å². The van der Waals surface area contributed by atoms with Gasteiger partial charge in [0.05, 0.1) is 25.3 Å². The third-order valence-corrected chi connectivity index (χ3v) is 4.11. The molecule has 8 nitrogen and oxygen atoms in total. The SMILES string of the molecule is COC(=O)/C=C/CNC(=O)C1CCC(=O)N(C)C1c1cnn(C)c1. The van der Waals surface area contributed by atoms with Crippen LogP contribution in [-0.4, -0.2) is 53.2 Å². The number of hydrogen-bond donors (Lipinski definition) is 1. The molecule has 2 atom stereocenters. The normalized spacial score (nSPS) is 21.1. The highest BCUT2D eigenvalue weighted by Gasteiger charge is 2.39. The summed E-state index contributed by atoms with van der Waals surface area (Å²) < 4.78 is 6.13. The molecule has 8 heteroatoms. The quantitative estimate of drug-likeness (QED) is 0.612. The molecule has 0 radical (unpaired) electrons. The zero-order valence-corrected chi connectivity index (χ0v) is 14.1. The molecule has 0 aromatic carbocycles. The molecule has 24 heavy (non-hydrogen) atoms. The van der Waals surface area contributed by atoms with Crippen molar-refractivity contribution in [2.75, 3.05) is 20.7 Å². The van der Waals surface area contributed by atoms with E-state index in [4.69, 9.17) is 0 Å². The largest absolute Gasteiger partial charge is 0.466 e. The lowest BCUT2D eigenvalue weighted by Crippen LogP contribution is -2.46. The second-order valence-corrected chi connectivity index (χ2v) is 5.71. The van der Waals surface area contributed by atoms with Crippen LogP contribution < -0.4 is 5.32 Å². The molecule has 2 unspecified atom stereocenters. The third-order valence-electron chi connectivity index (χ3n) is 4.11. The first-order chi connectivity index (χ1) is 11.4. The topological polar surface area (TPSA) is 93.5 Å². The van der Waals surface area contributed by atoms with Crippen LogP contribution in [0.25, 0.3) is 0 Å². The van der Waals surface area contributed by atoms with E-state index >= 15 is 0 Å². The van der Waals surface area contributed by atoms with Crippen molar-refractivity contribution in [1.82, 2.24) is 20.0 Å². The Labute approximate surface area is 140 Å². The average molecular weight is 334 g/mol. The molecule has 1 aromatic heterocycles. The highest BCUT2D eigenvalue weighted by Crippen LogP contribution is 2.35. The fraction of sp³-hybridized carbons (Fsp3) is 0.500. The summed E-state index contributed by atoms with van der Waals surface area (Å²) in [7, 11) is 4.79. The van der Waals surface area contributed by atoms with Crippen LogP contribution in [0.1, 0.15) is 24.4 Å². The van der Waals surface area contributed by atoms with Crippen molar-refractivity contribution >= 4 is 17.8 Å². The third kappa shape index (κ3) is 4.01. The molecular weight excluding hydrogens is 312 g/mol. The van der Waals surface area contributed by atoms with Gasteiger partial charge in [0.25, 0.3) is 0 Å². The van der Waals surface area contributed by atoms with E-state index in [0.717, 1.165) is 5.56 Å². The maximum Gasteiger partial charge on any atom is 0.330 e. The number of aromatic nitrogens is 2. The molecule has 0 aliphatic carbocycles. The van der Waals surface area contributed by atoms with E-state index in [-0.39, 0.29) is 30.3 Å². The van der Waals surface area contributed by atoms with Gasteiger partial charge in [-0.05, 0) is 6.42 Å². The summed E-state index contributed by atoms with van der Waals surface area (Å²) >= 11 is 0. The monoisotopic (exact) mass is 334 g/mol. The number of nitrogens with zero attached hydrogens (tertiary/aromatic N) is 3. The van der Waals surface area contributed by atoms with Crippen LogP contribution in [0, 0.1) is 5.92 Å². The van der Waals surface area contributed by atoms with Crippen molar-refractivity contribution in [3.8, 4) is 0 Å². The minimum atomic E-state index is -0.472. The second kappa shape index (κ2) is 7.76. The van der Waals surface area contributed by atoms with Crippen molar-refractivity contribution in [1.29, 1.82) is 0 Å². The van der Waals surface area contributed by atoms with Crippen LogP contribution in [0.5, 0.6) is 0 Å². The number of carbonyl (C=O) groups excluding carboxylic acids is 3. The summed E-state index contributed by atoms with van der Waals surface area (Å²) in [6, 6.07) is -0.343. The molecule has 1 saturated heterocycles. The van der Waals surface area contributed by atoms with Crippen molar-refractivity contribution in [2.45, 2.75) is 18.9 Å². The average Bonchev–Trinajstić information content (AvgIpc) is 2.99. The Balaban J connectivity index is 2.08. The Bertz CT molecular complexity index is 652. The Morgan fingerprint density at radius 1 is 1.46 bits per heavy atom. The minimum absolute atomic E-state index is 0.0125. The molecule has 2 amide bonds. The number of aryl methyl sites for hydroxylation is 1. The first-order valence-corrected chi connectivity index (χ1v) is 7.70. The molecule has 130 valence electrons. The number of rotatable bonds is 5. The fourth-order valence-corrected chi connectivity index (χ4v) is 2.88. The second-order valence-electron chi connectivity index (χ2n) is 5.71. The van der Waals surface area contributed by atoms with Gasteiger partial charge in [-0.3, -0.25) is 14.3 Å². The zero-order valence-electron chi connectivity index (χ0n) is 14.1. The van der Waals surface area contributed by atoms with E-state index in [1.807, 2.05) is 6.20 Å². The number of carbonyl (C=O) groups is 3. The zero-order chi connectivity index (χ0) is 17.7. The highest BCUT2D eigenvalue weighted by atomic mass is 16.5. The molecule has 0 saturated carbocycles. The first-order valence-electron chi connectivity index (χ1n) is 7.70. The number of hydrogen-bond acceptors (Lipinski definition) is 5. The van der Waals surface area contributed by atoms with E-state index in [0.29, 0.717) is 12.8 Å². The summed E-state index contributed by atoms with van der Waals surface area (Å²) in [5.41, 5.74) is 0.832. The molecule has 0 spiro atoms. The van der Waals surface area contributed by atoms with E-state index in [1.54, 1.807) is 29.9 Å². The lowest BCUT2D eigenvalue weighted by atomic mass is 9.85. The van der Waals surface area contributed by atoms with Gasteiger partial charge in [-0.15, -0.1) is 0 Å². The van der Waals surface area contributed by atoms with Gasteiger partial charge in [-0.2, -0.15) is 5.10 Å². The molecule has 1 aliphatic heterocycles. The predicted molar refractivity (Wildman–Crippen MR) is 85.6 cm³/mol. The summed E-state index contributed by atoms with van der Waals surface area (Å²) in [6.07, 6.45) is 7.10. The van der Waals surface area contributed by atoms with Crippen molar-refractivity contribution < 1.29 is 19.1 Å². The Kier molecular flexibility index (Phi) is 5.73. The number of methoxy groups -OCH3 is 1. The Hall–Kier alpha value is -2.64. The van der Waals surface area contributed by atoms with Crippen LogP contribution in [0.15, 0.2) is 24.5 Å². The van der Waals surface area contributed by atoms with Crippen LogP contribution >= 0.6 is 0 Å². The number of esters is 1. The minimum Gasteiger partial charge on any atom is -0.466 e. The molecule has 2 heterocycles. The van der Waals surface area contributed by atoms with Crippen LogP contribution in [0.2, 0.25) is 0 Å². The van der Waals surface area contributed by atoms with E-state index in [2.05, 4.69) is 15.2 Å². The molecule has 1 fully saturated rings. The number of ether oxygens (including phenoxy) is 1. The lowest BCUT2D eigenvalue weighted by Gasteiger charge is -2.37. The molecular formula is C16H22N4O4. The summed E-state index contributed by atoms with van der Waals surface area (Å²) in [4.78, 5) is 37.2. The van der Waals surface area contributed by atoms with Gasteiger partial charge in [0.15, 0.2) is 0 Å². The number of likely N-dealkylation sites (tertiary alicyclic amines) is 1. The molecule has 1 N–H and O–H groups in total. The van der Waals surface area contributed by atoms with Crippen molar-refractivity contribution in [3.05, 3.63) is 30.1 Å². The van der Waals surface area contributed by atoms with Gasteiger partial charge < -0.3 is 15.0 Å². The number of nitrogens with one attached hydrogen (secondary N) is 1. The summed E-state index contributed by atoms with van der Waals surface area (Å²) in [5.74, 6) is -0.972. The smallest absolute Gasteiger partial charge is 0.330 e. The van der Waals surface area contributed by atoms with Crippen LogP contribution in [0.4, 0.5) is 0 Å². The first kappa shape index (κ1) is 17.7. The van der Waals surface area contributed by atoms with Gasteiger partial charge in [0.2, 0.25) is 11.8 Å². The highest BCUT2D eigenvalue weighted by molar-refractivity contribution is 5.85. The van der Waals surface area contributed by atoms with Gasteiger partial charge in [0, 0.05) is 44.9 Å². The maximum atomic E-state index is 12.5. The molecule has 1 aliphatic rings. The van der Waals surface area contributed by atoms with Gasteiger partial charge in [-0.1, -0.05) is 6.08 Å². The molecule has 0 bridgehead atoms. The van der Waals surface area contributed by atoms with E-state index in [1.165, 1.54) is 19.3 Å². The van der Waals surface area contributed by atoms with Gasteiger partial charge >= 0.3 is 5.97 Å². The fourth-order valence-electron chi connectivity index (χ4n) is 2.88. The van der Waals surface area contributed by atoms with Crippen LogP contribution in [0.3, 0.4) is 0 Å². The summed E-state index contributed by atoms with van der Waals surface area (Å²) in [5, 5.41) is 6.91.